The van der Waals surface area contributed by atoms with Crippen LogP contribution in [0.2, 0.25) is 0 Å². The second-order valence-electron chi connectivity index (χ2n) is 10.9. The summed E-state index contributed by atoms with van der Waals surface area (Å²) in [5.41, 5.74) is 4.69. The Hall–Kier alpha value is -4.89. The van der Waals surface area contributed by atoms with Crippen LogP contribution in [0.3, 0.4) is 0 Å². The zero-order valence-electron chi connectivity index (χ0n) is 26.1. The van der Waals surface area contributed by atoms with Crippen LogP contribution >= 0.6 is 11.3 Å². The molecule has 0 fully saturated rings. The molecule has 230 valence electrons. The van der Waals surface area contributed by atoms with Crippen LogP contribution in [0.15, 0.2) is 100 Å². The van der Waals surface area contributed by atoms with Crippen molar-refractivity contribution in [3.8, 4) is 11.5 Å². The summed E-state index contributed by atoms with van der Waals surface area (Å²) in [7, 11) is 3.18. The minimum atomic E-state index is -0.749. The van der Waals surface area contributed by atoms with Crippen LogP contribution in [0.25, 0.3) is 17.0 Å². The lowest BCUT2D eigenvalue weighted by Crippen LogP contribution is -2.43. The third-order valence-corrected chi connectivity index (χ3v) is 9.32. The SMILES string of the molecule is CCN(CC)C(=O)C1=C(C)N=c2s/c(=C/c3cn(Cc4ccccc4)c4ccccc34)c(=O)n2[C@H]1c1cc(OC)ccc1OC. The minimum absolute atomic E-state index is 0.158. The van der Waals surface area contributed by atoms with Crippen LogP contribution in [-0.2, 0) is 11.3 Å². The van der Waals surface area contributed by atoms with Gasteiger partial charge < -0.3 is 18.9 Å². The zero-order valence-corrected chi connectivity index (χ0v) is 26.9. The molecule has 3 aromatic carbocycles. The van der Waals surface area contributed by atoms with Gasteiger partial charge in [0.2, 0.25) is 0 Å². The fraction of sp³-hybridized carbons (Fsp3) is 0.250. The Labute approximate surface area is 265 Å². The molecule has 0 spiro atoms. The molecule has 6 rings (SSSR count). The lowest BCUT2D eigenvalue weighted by Gasteiger charge is -2.30. The van der Waals surface area contributed by atoms with E-state index in [-0.39, 0.29) is 11.5 Å². The highest BCUT2D eigenvalue weighted by Crippen LogP contribution is 2.38. The first-order valence-electron chi connectivity index (χ1n) is 15.0. The molecular weight excluding hydrogens is 584 g/mol. The van der Waals surface area contributed by atoms with E-state index in [1.807, 2.05) is 63.2 Å². The number of aromatic nitrogens is 2. The van der Waals surface area contributed by atoms with Crippen molar-refractivity contribution in [3.05, 3.63) is 127 Å². The molecule has 1 amide bonds. The van der Waals surface area contributed by atoms with Gasteiger partial charge in [-0.3, -0.25) is 14.2 Å². The first-order valence-corrected chi connectivity index (χ1v) is 15.9. The number of amides is 1. The van der Waals surface area contributed by atoms with Crippen LogP contribution in [0, 0.1) is 0 Å². The van der Waals surface area contributed by atoms with E-state index in [0.29, 0.717) is 57.3 Å². The average Bonchev–Trinajstić information content (AvgIpc) is 3.56. The molecule has 9 heteroatoms. The summed E-state index contributed by atoms with van der Waals surface area (Å²) in [4.78, 5) is 35.6. The summed E-state index contributed by atoms with van der Waals surface area (Å²) in [5, 5.41) is 1.05. The van der Waals surface area contributed by atoms with Gasteiger partial charge in [0, 0.05) is 47.9 Å². The van der Waals surface area contributed by atoms with E-state index in [1.54, 1.807) is 35.8 Å². The lowest BCUT2D eigenvalue weighted by molar-refractivity contribution is -0.127. The van der Waals surface area contributed by atoms with Crippen molar-refractivity contribution < 1.29 is 14.3 Å². The van der Waals surface area contributed by atoms with Gasteiger partial charge in [-0.05, 0) is 56.7 Å². The zero-order chi connectivity index (χ0) is 31.7. The standard InChI is InChI=1S/C36H36N4O4S/c1-6-38(7-2)35(42)32-23(3)37-36-40(33(32)28-20-26(43-4)17-18-30(28)44-5)34(41)31(45-36)19-25-22-39(21-24-13-9-8-10-14-24)29-16-12-11-15-27(25)29/h8-20,22,33H,6-7,21H2,1-5H3/b31-19+/t33-/m0/s1. The molecule has 1 aliphatic heterocycles. The van der Waals surface area contributed by atoms with Gasteiger partial charge in [0.25, 0.3) is 11.5 Å². The molecule has 3 heterocycles. The van der Waals surface area contributed by atoms with Gasteiger partial charge >= 0.3 is 0 Å². The molecule has 0 N–H and O–H groups in total. The number of benzene rings is 3. The molecule has 0 radical (unpaired) electrons. The van der Waals surface area contributed by atoms with Gasteiger partial charge in [0.15, 0.2) is 4.80 Å². The van der Waals surface area contributed by atoms with Crippen molar-refractivity contribution in [2.24, 2.45) is 4.99 Å². The Morgan fingerprint density at radius 3 is 2.44 bits per heavy atom. The first-order chi connectivity index (χ1) is 21.9. The van der Waals surface area contributed by atoms with Crippen LogP contribution in [-0.4, -0.2) is 47.3 Å². The normalized spacial score (nSPS) is 14.8. The van der Waals surface area contributed by atoms with Crippen molar-refractivity contribution in [1.82, 2.24) is 14.0 Å². The summed E-state index contributed by atoms with van der Waals surface area (Å²) in [5.74, 6) is 0.997. The average molecular weight is 621 g/mol. The molecule has 8 nitrogen and oxygen atoms in total. The van der Waals surface area contributed by atoms with E-state index in [1.165, 1.54) is 16.9 Å². The summed E-state index contributed by atoms with van der Waals surface area (Å²) in [6.45, 7) is 7.51. The molecule has 0 saturated carbocycles. The van der Waals surface area contributed by atoms with Crippen molar-refractivity contribution in [2.75, 3.05) is 27.3 Å². The van der Waals surface area contributed by atoms with E-state index in [9.17, 15) is 9.59 Å². The highest BCUT2D eigenvalue weighted by molar-refractivity contribution is 7.07. The molecule has 1 atom stereocenters. The molecule has 0 unspecified atom stereocenters. The Morgan fingerprint density at radius 1 is 1.00 bits per heavy atom. The minimum Gasteiger partial charge on any atom is -0.497 e. The van der Waals surface area contributed by atoms with Gasteiger partial charge in [-0.1, -0.05) is 59.9 Å². The fourth-order valence-electron chi connectivity index (χ4n) is 6.07. The topological polar surface area (TPSA) is 78.1 Å². The summed E-state index contributed by atoms with van der Waals surface area (Å²) >= 11 is 1.33. The van der Waals surface area contributed by atoms with E-state index in [0.717, 1.165) is 16.5 Å². The van der Waals surface area contributed by atoms with E-state index in [2.05, 4.69) is 35.0 Å². The van der Waals surface area contributed by atoms with Crippen molar-refractivity contribution in [1.29, 1.82) is 0 Å². The number of thiazole rings is 1. The number of ether oxygens (including phenoxy) is 2. The number of para-hydroxylation sites is 1. The molecule has 0 aliphatic carbocycles. The highest BCUT2D eigenvalue weighted by Gasteiger charge is 2.36. The number of hydrogen-bond acceptors (Lipinski definition) is 6. The Morgan fingerprint density at radius 2 is 1.73 bits per heavy atom. The van der Waals surface area contributed by atoms with Gasteiger partial charge in [0.05, 0.1) is 30.0 Å². The fourth-order valence-corrected chi connectivity index (χ4v) is 7.10. The number of nitrogens with zero attached hydrogens (tertiary/aromatic N) is 4. The Kier molecular flexibility index (Phi) is 8.45. The third kappa shape index (κ3) is 5.48. The lowest BCUT2D eigenvalue weighted by atomic mass is 9.93. The van der Waals surface area contributed by atoms with E-state index in [4.69, 9.17) is 14.5 Å². The smallest absolute Gasteiger partial charge is 0.271 e. The van der Waals surface area contributed by atoms with Crippen LogP contribution in [0.5, 0.6) is 11.5 Å². The number of fused-ring (bicyclic) bond motifs is 2. The molecule has 0 saturated heterocycles. The van der Waals surface area contributed by atoms with Crippen molar-refractivity contribution in [2.45, 2.75) is 33.4 Å². The molecule has 2 aromatic heterocycles. The quantitative estimate of drug-likeness (QED) is 0.229. The molecule has 45 heavy (non-hydrogen) atoms. The molecule has 0 bridgehead atoms. The maximum Gasteiger partial charge on any atom is 0.271 e. The van der Waals surface area contributed by atoms with Gasteiger partial charge in [0.1, 0.15) is 17.5 Å². The van der Waals surface area contributed by atoms with Crippen LogP contribution in [0.4, 0.5) is 0 Å². The van der Waals surface area contributed by atoms with E-state index >= 15 is 0 Å². The Balaban J connectivity index is 1.56. The number of rotatable bonds is 9. The number of carbonyl (C=O) groups is 1. The van der Waals surface area contributed by atoms with E-state index < -0.39 is 6.04 Å². The maximum absolute atomic E-state index is 14.4. The number of methoxy groups -OCH3 is 2. The monoisotopic (exact) mass is 620 g/mol. The first kappa shape index (κ1) is 30.1. The van der Waals surface area contributed by atoms with Gasteiger partial charge in [-0.2, -0.15) is 0 Å². The Bertz CT molecular complexity index is 2100. The second kappa shape index (κ2) is 12.6. The third-order valence-electron chi connectivity index (χ3n) is 8.34. The number of hydrogen-bond donors (Lipinski definition) is 0. The second-order valence-corrected chi connectivity index (χ2v) is 11.9. The summed E-state index contributed by atoms with van der Waals surface area (Å²) < 4.78 is 15.7. The van der Waals surface area contributed by atoms with Crippen LogP contribution < -0.4 is 24.4 Å². The predicted molar refractivity (Wildman–Crippen MR) is 179 cm³/mol. The highest BCUT2D eigenvalue weighted by atomic mass is 32.1. The number of carbonyl (C=O) groups excluding carboxylic acids is 1. The van der Waals surface area contributed by atoms with Crippen LogP contribution in [0.1, 0.15) is 43.5 Å². The molecule has 1 aliphatic rings. The molecular formula is C36H36N4O4S. The van der Waals surface area contributed by atoms with Crippen molar-refractivity contribution >= 4 is 34.2 Å². The van der Waals surface area contributed by atoms with Crippen molar-refractivity contribution in [3.63, 3.8) is 0 Å². The van der Waals surface area contributed by atoms with Gasteiger partial charge in [-0.25, -0.2) is 4.99 Å². The van der Waals surface area contributed by atoms with Gasteiger partial charge in [-0.15, -0.1) is 0 Å². The number of allylic oxidation sites excluding steroid dienone is 1. The molecule has 5 aromatic rings. The maximum atomic E-state index is 14.4. The summed E-state index contributed by atoms with van der Waals surface area (Å²) in [6, 6.07) is 23.2. The predicted octanol–water partition coefficient (Wildman–Crippen LogP) is 5.12. The summed E-state index contributed by atoms with van der Waals surface area (Å²) in [6.07, 6.45) is 4.04. The number of likely N-dealkylation sites (N-methyl/N-ethyl adjacent to an activating group) is 1. The largest absolute Gasteiger partial charge is 0.497 e.